The lowest BCUT2D eigenvalue weighted by Crippen LogP contribution is -2.47. The lowest BCUT2D eigenvalue weighted by molar-refractivity contribution is 0.0992. The molecule has 3 heterocycles. The minimum Gasteiger partial charge on any atom is -0.373 e. The Balaban J connectivity index is 1.33. The number of guanidine groups is 1. The number of hydrogen-bond donors (Lipinski definition) is 2. The van der Waals surface area contributed by atoms with Crippen molar-refractivity contribution in [1.82, 2.24) is 10.6 Å². The van der Waals surface area contributed by atoms with Crippen molar-refractivity contribution in [3.63, 3.8) is 0 Å². The lowest BCUT2D eigenvalue weighted by Gasteiger charge is -2.32. The smallest absolute Gasteiger partial charge is 0.191 e. The topological polar surface area (TPSA) is 48.9 Å². The highest BCUT2D eigenvalue weighted by Gasteiger charge is 2.41. The Morgan fingerprint density at radius 1 is 1.15 bits per heavy atom. The van der Waals surface area contributed by atoms with Crippen LogP contribution in [0.15, 0.2) is 29.3 Å². The molecule has 0 aliphatic carbocycles. The summed E-state index contributed by atoms with van der Waals surface area (Å²) in [5.41, 5.74) is 2.60. The third-order valence-corrected chi connectivity index (χ3v) is 6.28. The molecule has 4 rings (SSSR count). The largest absolute Gasteiger partial charge is 0.373 e. The van der Waals surface area contributed by atoms with Crippen LogP contribution < -0.4 is 15.5 Å². The van der Waals surface area contributed by atoms with Gasteiger partial charge in [-0.05, 0) is 62.6 Å². The molecule has 3 aliphatic heterocycles. The molecule has 0 spiro atoms. The number of ether oxygens (including phenoxy) is 1. The van der Waals surface area contributed by atoms with Crippen molar-refractivity contribution in [2.75, 3.05) is 24.5 Å². The van der Waals surface area contributed by atoms with Crippen LogP contribution in [0.4, 0.5) is 5.69 Å². The predicted molar refractivity (Wildman–Crippen MR) is 111 cm³/mol. The Morgan fingerprint density at radius 3 is 2.56 bits per heavy atom. The normalized spacial score (nSPS) is 28.6. The second-order valence-corrected chi connectivity index (χ2v) is 8.39. The van der Waals surface area contributed by atoms with Crippen LogP contribution in [-0.2, 0) is 11.3 Å². The van der Waals surface area contributed by atoms with E-state index in [1.807, 2.05) is 0 Å². The minimum absolute atomic E-state index is 0.366. The molecule has 3 unspecified atom stereocenters. The van der Waals surface area contributed by atoms with Gasteiger partial charge >= 0.3 is 0 Å². The Hall–Kier alpha value is -1.75. The maximum absolute atomic E-state index is 5.95. The van der Waals surface area contributed by atoms with E-state index >= 15 is 0 Å². The lowest BCUT2D eigenvalue weighted by atomic mass is 9.96. The molecule has 2 N–H and O–H groups in total. The standard InChI is InChI=1S/C22H34N4O/c1-3-23-22(25-20-14-19-8-9-21(20)27-19)24-15-17-4-6-18(7-5-17)26-12-10-16(2)11-13-26/h4-7,16,19-21H,3,8-15H2,1-2H3,(H2,23,24,25). The van der Waals surface area contributed by atoms with Crippen molar-refractivity contribution in [3.05, 3.63) is 29.8 Å². The first-order valence-corrected chi connectivity index (χ1v) is 10.8. The molecule has 0 saturated carbocycles. The number of anilines is 1. The molecule has 0 radical (unpaired) electrons. The molecule has 3 aliphatic rings. The highest BCUT2D eigenvalue weighted by molar-refractivity contribution is 5.80. The third kappa shape index (κ3) is 4.57. The molecular formula is C22H34N4O. The minimum atomic E-state index is 0.366. The summed E-state index contributed by atoms with van der Waals surface area (Å²) in [5, 5.41) is 6.97. The molecule has 0 amide bonds. The van der Waals surface area contributed by atoms with Gasteiger partial charge in [0.2, 0.25) is 0 Å². The van der Waals surface area contributed by atoms with Crippen molar-refractivity contribution in [3.8, 4) is 0 Å². The summed E-state index contributed by atoms with van der Waals surface area (Å²) in [5.74, 6) is 1.78. The van der Waals surface area contributed by atoms with E-state index in [1.165, 1.54) is 50.0 Å². The van der Waals surface area contributed by atoms with Gasteiger partial charge in [0.1, 0.15) is 0 Å². The monoisotopic (exact) mass is 370 g/mol. The number of benzene rings is 1. The fourth-order valence-corrected chi connectivity index (χ4v) is 4.53. The molecule has 0 aromatic heterocycles. The van der Waals surface area contributed by atoms with Gasteiger partial charge in [-0.2, -0.15) is 0 Å². The van der Waals surface area contributed by atoms with Crippen LogP contribution in [0, 0.1) is 5.92 Å². The first kappa shape index (κ1) is 18.6. The van der Waals surface area contributed by atoms with E-state index in [9.17, 15) is 0 Å². The Labute approximate surface area is 163 Å². The van der Waals surface area contributed by atoms with E-state index in [-0.39, 0.29) is 0 Å². The number of hydrogen-bond acceptors (Lipinski definition) is 3. The van der Waals surface area contributed by atoms with Crippen molar-refractivity contribution in [1.29, 1.82) is 0 Å². The van der Waals surface area contributed by atoms with Gasteiger partial charge in [0.25, 0.3) is 0 Å². The number of nitrogens with zero attached hydrogens (tertiary/aromatic N) is 2. The first-order valence-electron chi connectivity index (χ1n) is 10.8. The van der Waals surface area contributed by atoms with Gasteiger partial charge in [-0.3, -0.25) is 0 Å². The highest BCUT2D eigenvalue weighted by Crippen LogP contribution is 2.34. The van der Waals surface area contributed by atoms with Gasteiger partial charge < -0.3 is 20.3 Å². The summed E-state index contributed by atoms with van der Waals surface area (Å²) in [6.07, 6.45) is 6.94. The number of aliphatic imine (C=N–C) groups is 1. The maximum Gasteiger partial charge on any atom is 0.191 e. The molecular weight excluding hydrogens is 336 g/mol. The molecule has 5 nitrogen and oxygen atoms in total. The van der Waals surface area contributed by atoms with Gasteiger partial charge in [-0.15, -0.1) is 0 Å². The molecule has 27 heavy (non-hydrogen) atoms. The summed E-state index contributed by atoms with van der Waals surface area (Å²) in [7, 11) is 0. The Kier molecular flexibility index (Phi) is 5.86. The Bertz CT molecular complexity index is 636. The van der Waals surface area contributed by atoms with E-state index in [2.05, 4.69) is 53.6 Å². The van der Waals surface area contributed by atoms with Gasteiger partial charge in [0.05, 0.1) is 24.8 Å². The molecule has 148 valence electrons. The average molecular weight is 371 g/mol. The summed E-state index contributed by atoms with van der Waals surface area (Å²) >= 11 is 0. The first-order chi connectivity index (χ1) is 13.2. The second kappa shape index (κ2) is 8.51. The average Bonchev–Trinajstić information content (AvgIpc) is 3.31. The van der Waals surface area contributed by atoms with Crippen molar-refractivity contribution >= 4 is 11.6 Å². The fourth-order valence-electron chi connectivity index (χ4n) is 4.53. The molecule has 1 aromatic carbocycles. The van der Waals surface area contributed by atoms with Gasteiger partial charge in [0.15, 0.2) is 5.96 Å². The van der Waals surface area contributed by atoms with Gasteiger partial charge in [0, 0.05) is 25.3 Å². The zero-order chi connectivity index (χ0) is 18.6. The molecule has 1 aromatic rings. The van der Waals surface area contributed by atoms with E-state index in [4.69, 9.17) is 9.73 Å². The zero-order valence-corrected chi connectivity index (χ0v) is 16.8. The molecule has 3 atom stereocenters. The van der Waals surface area contributed by atoms with Crippen LogP contribution in [0.3, 0.4) is 0 Å². The predicted octanol–water partition coefficient (Wildman–Crippen LogP) is 3.30. The number of nitrogens with one attached hydrogen (secondary N) is 2. The quantitative estimate of drug-likeness (QED) is 0.617. The van der Waals surface area contributed by atoms with Crippen molar-refractivity contribution in [2.45, 2.75) is 70.7 Å². The van der Waals surface area contributed by atoms with E-state index in [1.54, 1.807) is 0 Å². The SMILES string of the molecule is CCNC(=NCc1ccc(N2CCC(C)CC2)cc1)NC1CC2CCC1O2. The summed E-state index contributed by atoms with van der Waals surface area (Å²) in [4.78, 5) is 7.32. The van der Waals surface area contributed by atoms with E-state index < -0.39 is 0 Å². The van der Waals surface area contributed by atoms with Gasteiger partial charge in [-0.1, -0.05) is 19.1 Å². The molecule has 2 bridgehead atoms. The third-order valence-electron chi connectivity index (χ3n) is 6.28. The summed E-state index contributed by atoms with van der Waals surface area (Å²) in [6, 6.07) is 9.36. The highest BCUT2D eigenvalue weighted by atomic mass is 16.5. The van der Waals surface area contributed by atoms with Crippen LogP contribution in [0.2, 0.25) is 0 Å². The van der Waals surface area contributed by atoms with E-state index in [0.717, 1.165) is 24.8 Å². The van der Waals surface area contributed by atoms with Crippen LogP contribution >= 0.6 is 0 Å². The molecule has 5 heteroatoms. The van der Waals surface area contributed by atoms with Crippen LogP contribution in [-0.4, -0.2) is 43.8 Å². The fraction of sp³-hybridized carbons (Fsp3) is 0.682. The van der Waals surface area contributed by atoms with Crippen LogP contribution in [0.5, 0.6) is 0 Å². The van der Waals surface area contributed by atoms with Gasteiger partial charge in [-0.25, -0.2) is 4.99 Å². The molecule has 3 fully saturated rings. The Morgan fingerprint density at radius 2 is 1.93 bits per heavy atom. The van der Waals surface area contributed by atoms with Crippen molar-refractivity contribution in [2.24, 2.45) is 10.9 Å². The second-order valence-electron chi connectivity index (χ2n) is 8.39. The number of piperidine rings is 1. The summed E-state index contributed by atoms with van der Waals surface area (Å²) in [6.45, 7) is 8.41. The summed E-state index contributed by atoms with van der Waals surface area (Å²) < 4.78 is 5.95. The number of rotatable bonds is 5. The van der Waals surface area contributed by atoms with E-state index in [0.29, 0.717) is 24.8 Å². The van der Waals surface area contributed by atoms with Crippen LogP contribution in [0.1, 0.15) is 51.5 Å². The van der Waals surface area contributed by atoms with Crippen LogP contribution in [0.25, 0.3) is 0 Å². The zero-order valence-electron chi connectivity index (χ0n) is 16.8. The maximum atomic E-state index is 5.95. The van der Waals surface area contributed by atoms with Crippen molar-refractivity contribution < 1.29 is 4.74 Å². The number of fused-ring (bicyclic) bond motifs is 2. The molecule has 3 saturated heterocycles.